The van der Waals surface area contributed by atoms with E-state index in [9.17, 15) is 4.79 Å². The minimum absolute atomic E-state index is 0.0120. The molecule has 0 amide bonds. The third kappa shape index (κ3) is 4.82. The summed E-state index contributed by atoms with van der Waals surface area (Å²) in [5.74, 6) is 1.18. The lowest BCUT2D eigenvalue weighted by Gasteiger charge is -2.15. The van der Waals surface area contributed by atoms with E-state index < -0.39 is 0 Å². The number of nitrogens with two attached hydrogens (primary N) is 1. The van der Waals surface area contributed by atoms with Crippen molar-refractivity contribution in [1.82, 2.24) is 9.97 Å². The Morgan fingerprint density at radius 3 is 3.07 bits per heavy atom. The van der Waals surface area contributed by atoms with Crippen molar-refractivity contribution in [1.29, 1.82) is 0 Å². The van der Waals surface area contributed by atoms with Crippen LogP contribution in [0.3, 0.4) is 0 Å². The van der Waals surface area contributed by atoms with Crippen molar-refractivity contribution >= 4 is 22.9 Å². The minimum Gasteiger partial charge on any atom is -0.367 e. The standard InChI is InChI=1S/C23H28N4OS/c1-15-3-2-4-16(7-15)8-18-10-21(29-13-18)22(28)20-12-25-14-26-23(20)27-19-6-5-17(9-19)11-24/h4,7,10,12-14,17,19H,2-3,5-6,8-9,11,24H2,1H3,(H,25,26,27). The number of nitrogens with one attached hydrogen (secondary N) is 1. The molecule has 0 aromatic carbocycles. The van der Waals surface area contributed by atoms with Crippen molar-refractivity contribution in [2.24, 2.45) is 11.7 Å². The van der Waals surface area contributed by atoms with Crippen molar-refractivity contribution in [3.8, 4) is 0 Å². The number of hydrogen-bond acceptors (Lipinski definition) is 6. The molecule has 0 aliphatic heterocycles. The summed E-state index contributed by atoms with van der Waals surface area (Å²) in [4.78, 5) is 22.4. The number of thiophene rings is 1. The van der Waals surface area contributed by atoms with Crippen LogP contribution in [0, 0.1) is 5.92 Å². The van der Waals surface area contributed by atoms with Gasteiger partial charge in [-0.15, -0.1) is 11.3 Å². The fourth-order valence-electron chi connectivity index (χ4n) is 4.24. The number of hydrogen-bond donors (Lipinski definition) is 2. The molecule has 5 nitrogen and oxygen atoms in total. The van der Waals surface area contributed by atoms with E-state index in [1.54, 1.807) is 6.20 Å². The first kappa shape index (κ1) is 20.0. The van der Waals surface area contributed by atoms with Crippen molar-refractivity contribution in [2.45, 2.75) is 51.5 Å². The van der Waals surface area contributed by atoms with Crippen LogP contribution in [0.5, 0.6) is 0 Å². The number of allylic oxidation sites excluding steroid dienone is 4. The van der Waals surface area contributed by atoms with E-state index in [0.29, 0.717) is 23.3 Å². The molecule has 29 heavy (non-hydrogen) atoms. The molecular weight excluding hydrogens is 380 g/mol. The summed E-state index contributed by atoms with van der Waals surface area (Å²) in [6.45, 7) is 2.90. The molecule has 1 fully saturated rings. The largest absolute Gasteiger partial charge is 0.367 e. The highest BCUT2D eigenvalue weighted by Crippen LogP contribution is 2.29. The lowest BCUT2D eigenvalue weighted by molar-refractivity contribution is 0.104. The van der Waals surface area contributed by atoms with Crippen molar-refractivity contribution in [3.63, 3.8) is 0 Å². The number of carbonyl (C=O) groups excluding carboxylic acids is 1. The first-order valence-corrected chi connectivity index (χ1v) is 11.2. The summed E-state index contributed by atoms with van der Waals surface area (Å²) in [5.41, 5.74) is 10.3. The minimum atomic E-state index is -0.0120. The molecule has 2 atom stereocenters. The Kier molecular flexibility index (Phi) is 6.21. The van der Waals surface area contributed by atoms with Gasteiger partial charge in [-0.1, -0.05) is 17.7 Å². The second-order valence-corrected chi connectivity index (χ2v) is 9.09. The molecule has 0 saturated heterocycles. The zero-order valence-corrected chi connectivity index (χ0v) is 17.7. The second-order valence-electron chi connectivity index (χ2n) is 8.17. The van der Waals surface area contributed by atoms with Gasteiger partial charge in [-0.05, 0) is 80.5 Å². The van der Waals surface area contributed by atoms with Gasteiger partial charge in [-0.25, -0.2) is 9.97 Å². The molecule has 2 heterocycles. The van der Waals surface area contributed by atoms with E-state index in [0.717, 1.165) is 49.9 Å². The average Bonchev–Trinajstić information content (AvgIpc) is 3.37. The van der Waals surface area contributed by atoms with Gasteiger partial charge in [0.25, 0.3) is 0 Å². The van der Waals surface area contributed by atoms with Crippen LogP contribution in [0.25, 0.3) is 0 Å². The molecule has 2 aromatic rings. The summed E-state index contributed by atoms with van der Waals surface area (Å²) in [7, 11) is 0. The molecule has 4 rings (SSSR count). The van der Waals surface area contributed by atoms with E-state index in [2.05, 4.69) is 39.7 Å². The first-order valence-electron chi connectivity index (χ1n) is 10.4. The second kappa shape index (κ2) is 9.01. The van der Waals surface area contributed by atoms with Crippen LogP contribution >= 0.6 is 11.3 Å². The number of ketones is 1. The Morgan fingerprint density at radius 2 is 2.28 bits per heavy atom. The predicted molar refractivity (Wildman–Crippen MR) is 118 cm³/mol. The fourth-order valence-corrected chi connectivity index (χ4v) is 5.10. The highest BCUT2D eigenvalue weighted by molar-refractivity contribution is 7.12. The van der Waals surface area contributed by atoms with Crippen LogP contribution in [0.4, 0.5) is 5.82 Å². The molecule has 2 unspecified atom stereocenters. The van der Waals surface area contributed by atoms with Gasteiger partial charge in [0.05, 0.1) is 10.4 Å². The van der Waals surface area contributed by atoms with E-state index in [4.69, 9.17) is 5.73 Å². The van der Waals surface area contributed by atoms with Crippen molar-refractivity contribution in [3.05, 3.63) is 63.3 Å². The lowest BCUT2D eigenvalue weighted by atomic mass is 9.96. The number of aromatic nitrogens is 2. The summed E-state index contributed by atoms with van der Waals surface area (Å²) in [5, 5.41) is 5.55. The third-order valence-electron chi connectivity index (χ3n) is 5.84. The van der Waals surface area contributed by atoms with E-state index in [-0.39, 0.29) is 5.78 Å². The molecule has 2 aliphatic carbocycles. The maximum absolute atomic E-state index is 13.2. The lowest BCUT2D eigenvalue weighted by Crippen LogP contribution is -2.20. The van der Waals surface area contributed by atoms with Crippen LogP contribution in [-0.4, -0.2) is 28.3 Å². The molecular formula is C23H28N4OS. The Hall–Kier alpha value is -2.31. The number of anilines is 1. The smallest absolute Gasteiger partial charge is 0.208 e. The van der Waals surface area contributed by atoms with Gasteiger partial charge in [-0.2, -0.15) is 0 Å². The van der Waals surface area contributed by atoms with Crippen LogP contribution in [-0.2, 0) is 6.42 Å². The van der Waals surface area contributed by atoms with Crippen LogP contribution < -0.4 is 11.1 Å². The topological polar surface area (TPSA) is 80.9 Å². The Balaban J connectivity index is 1.47. The molecule has 6 heteroatoms. The zero-order valence-electron chi connectivity index (χ0n) is 16.9. The summed E-state index contributed by atoms with van der Waals surface area (Å²) < 4.78 is 0. The van der Waals surface area contributed by atoms with Gasteiger partial charge in [0.2, 0.25) is 5.78 Å². The maximum Gasteiger partial charge on any atom is 0.208 e. The highest BCUT2D eigenvalue weighted by Gasteiger charge is 2.26. The van der Waals surface area contributed by atoms with Crippen LogP contribution in [0.2, 0.25) is 0 Å². The average molecular weight is 409 g/mol. The molecule has 152 valence electrons. The third-order valence-corrected chi connectivity index (χ3v) is 6.81. The Labute approximate surface area is 176 Å². The number of rotatable bonds is 7. The van der Waals surface area contributed by atoms with Gasteiger partial charge < -0.3 is 11.1 Å². The molecule has 2 aliphatic rings. The van der Waals surface area contributed by atoms with Crippen LogP contribution in [0.15, 0.2) is 47.3 Å². The van der Waals surface area contributed by atoms with E-state index in [1.165, 1.54) is 34.4 Å². The fraction of sp³-hybridized carbons (Fsp3) is 0.435. The molecule has 0 bridgehead atoms. The Bertz CT molecular complexity index is 946. The SMILES string of the molecule is CC1=CC(Cc2csc(C(=O)c3cncnc3NC3CCC(CN)C3)c2)=CCC1. The van der Waals surface area contributed by atoms with Gasteiger partial charge >= 0.3 is 0 Å². The Morgan fingerprint density at radius 1 is 1.38 bits per heavy atom. The predicted octanol–water partition coefficient (Wildman–Crippen LogP) is 4.52. The molecule has 2 aromatic heterocycles. The summed E-state index contributed by atoms with van der Waals surface area (Å²) >= 11 is 1.50. The highest BCUT2D eigenvalue weighted by atomic mass is 32.1. The van der Waals surface area contributed by atoms with Gasteiger partial charge in [0, 0.05) is 12.2 Å². The van der Waals surface area contributed by atoms with Gasteiger partial charge in [-0.3, -0.25) is 4.79 Å². The van der Waals surface area contributed by atoms with Crippen molar-refractivity contribution < 1.29 is 4.79 Å². The molecule has 1 saturated carbocycles. The van der Waals surface area contributed by atoms with Crippen LogP contribution in [0.1, 0.15) is 59.8 Å². The van der Waals surface area contributed by atoms with Crippen molar-refractivity contribution in [2.75, 3.05) is 11.9 Å². The summed E-state index contributed by atoms with van der Waals surface area (Å²) in [6, 6.07) is 2.33. The first-order chi connectivity index (χ1) is 14.1. The van der Waals surface area contributed by atoms with Gasteiger partial charge in [0.15, 0.2) is 0 Å². The van der Waals surface area contributed by atoms with E-state index in [1.807, 2.05) is 6.07 Å². The number of nitrogens with zero attached hydrogens (tertiary/aromatic N) is 2. The maximum atomic E-state index is 13.2. The van der Waals surface area contributed by atoms with E-state index >= 15 is 0 Å². The van der Waals surface area contributed by atoms with Gasteiger partial charge in [0.1, 0.15) is 12.1 Å². The quantitative estimate of drug-likeness (QED) is 0.659. The molecule has 0 spiro atoms. The molecule has 3 N–H and O–H groups in total. The molecule has 0 radical (unpaired) electrons. The number of carbonyl (C=O) groups is 1. The monoisotopic (exact) mass is 408 g/mol. The normalized spacial score (nSPS) is 21.6. The zero-order chi connectivity index (χ0) is 20.2. The summed E-state index contributed by atoms with van der Waals surface area (Å²) in [6.07, 6.45) is 14.0.